The molecule has 0 unspecified atom stereocenters. The minimum atomic E-state index is -0.520. The van der Waals surface area contributed by atoms with Crippen LogP contribution in [0.1, 0.15) is 37.4 Å². The number of ether oxygens (including phenoxy) is 2. The number of fused-ring (bicyclic) bond motifs is 3. The molecule has 8 heteroatoms. The Morgan fingerprint density at radius 2 is 1.49 bits per heavy atom. The van der Waals surface area contributed by atoms with Gasteiger partial charge in [-0.25, -0.2) is 0 Å². The van der Waals surface area contributed by atoms with Gasteiger partial charge in [0, 0.05) is 27.3 Å². The fraction of sp³-hybridized carbons (Fsp3) is 0.103. The third-order valence-electron chi connectivity index (χ3n) is 7.86. The summed E-state index contributed by atoms with van der Waals surface area (Å²) in [5.74, 6) is 0.312. The minimum absolute atomic E-state index is 0.0203. The van der Waals surface area contributed by atoms with Gasteiger partial charge in [0.05, 0.1) is 20.0 Å². The smallest absolute Gasteiger partial charge is 0.272 e. The number of carbonyl (C=O) groups is 3. The summed E-state index contributed by atoms with van der Waals surface area (Å²) >= 11 is 1.44. The summed E-state index contributed by atoms with van der Waals surface area (Å²) in [7, 11) is 3.04. The molecular weight excluding hydrogens is 609 g/mol. The molecule has 0 saturated heterocycles. The Morgan fingerprint density at radius 3 is 2.26 bits per heavy atom. The van der Waals surface area contributed by atoms with E-state index in [1.165, 1.54) is 48.2 Å². The molecule has 0 aliphatic heterocycles. The number of amides is 2. The number of benzene rings is 5. The minimum Gasteiger partial charge on any atom is -0.493 e. The van der Waals surface area contributed by atoms with E-state index in [0.29, 0.717) is 33.9 Å². The molecule has 2 N–H and O–H groups in total. The molecule has 0 radical (unpaired) electrons. The zero-order valence-corrected chi connectivity index (χ0v) is 26.7. The standard InChI is InChI=1S/C39H32N2O5S/c1-45-36-14-8-12-28(37(36)46-2)23-34(41-38(43)25-9-4-3-5-10-25)39(44)40-30-16-18-31(19-17-30)47-24-35(42)27-15-20-33-29(22-27)21-26-11-6-7-13-32(26)33/h3-20,22-23H,21,24H2,1-2H3,(H,40,44)(H,41,43)/b34-23-. The van der Waals surface area contributed by atoms with Gasteiger partial charge in [0.2, 0.25) is 0 Å². The highest BCUT2D eigenvalue weighted by atomic mass is 32.2. The van der Waals surface area contributed by atoms with Crippen LogP contribution in [0.25, 0.3) is 17.2 Å². The Bertz CT molecular complexity index is 1990. The first-order chi connectivity index (χ1) is 22.9. The van der Waals surface area contributed by atoms with E-state index in [0.717, 1.165) is 11.3 Å². The molecule has 234 valence electrons. The molecule has 47 heavy (non-hydrogen) atoms. The largest absolute Gasteiger partial charge is 0.493 e. The van der Waals surface area contributed by atoms with Crippen molar-refractivity contribution in [1.29, 1.82) is 0 Å². The molecule has 2 amide bonds. The van der Waals surface area contributed by atoms with E-state index in [4.69, 9.17) is 9.47 Å². The van der Waals surface area contributed by atoms with E-state index >= 15 is 0 Å². The molecule has 0 atom stereocenters. The lowest BCUT2D eigenvalue weighted by atomic mass is 10.0. The van der Waals surface area contributed by atoms with Crippen molar-refractivity contribution in [2.75, 3.05) is 25.3 Å². The van der Waals surface area contributed by atoms with Crippen LogP contribution in [0.3, 0.4) is 0 Å². The molecule has 5 aromatic carbocycles. The van der Waals surface area contributed by atoms with Crippen molar-refractivity contribution in [1.82, 2.24) is 5.32 Å². The first-order valence-electron chi connectivity index (χ1n) is 15.0. The third kappa shape index (κ3) is 7.13. The van der Waals surface area contributed by atoms with Crippen LogP contribution in [-0.4, -0.2) is 37.6 Å². The third-order valence-corrected chi connectivity index (χ3v) is 8.87. The molecule has 5 aromatic rings. The lowest BCUT2D eigenvalue weighted by Crippen LogP contribution is -2.30. The lowest BCUT2D eigenvalue weighted by molar-refractivity contribution is -0.113. The van der Waals surface area contributed by atoms with Gasteiger partial charge in [-0.05, 0) is 83.3 Å². The summed E-state index contributed by atoms with van der Waals surface area (Å²) in [6, 6.07) is 35.5. The Balaban J connectivity index is 1.13. The number of para-hydroxylation sites is 1. The summed E-state index contributed by atoms with van der Waals surface area (Å²) in [5, 5.41) is 5.61. The van der Waals surface area contributed by atoms with Crippen molar-refractivity contribution >= 4 is 41.1 Å². The molecule has 6 rings (SSSR count). The number of nitrogens with one attached hydrogen (secondary N) is 2. The van der Waals surface area contributed by atoms with Crippen LogP contribution in [0.2, 0.25) is 0 Å². The quantitative estimate of drug-likeness (QED) is 0.0858. The predicted molar refractivity (Wildman–Crippen MR) is 186 cm³/mol. The van der Waals surface area contributed by atoms with Crippen molar-refractivity contribution in [3.8, 4) is 22.6 Å². The second-order valence-corrected chi connectivity index (χ2v) is 11.9. The Kier molecular flexibility index (Phi) is 9.50. The number of rotatable bonds is 11. The normalized spacial score (nSPS) is 11.7. The summed E-state index contributed by atoms with van der Waals surface area (Å²) < 4.78 is 10.9. The van der Waals surface area contributed by atoms with E-state index in [9.17, 15) is 14.4 Å². The molecule has 7 nitrogen and oxygen atoms in total. The van der Waals surface area contributed by atoms with Crippen molar-refractivity contribution in [3.05, 3.63) is 149 Å². The highest BCUT2D eigenvalue weighted by Gasteiger charge is 2.20. The second-order valence-electron chi connectivity index (χ2n) is 10.9. The maximum absolute atomic E-state index is 13.5. The fourth-order valence-corrected chi connectivity index (χ4v) is 6.30. The lowest BCUT2D eigenvalue weighted by Gasteiger charge is -2.14. The average Bonchev–Trinajstić information content (AvgIpc) is 3.49. The van der Waals surface area contributed by atoms with Crippen LogP contribution in [0.15, 0.2) is 126 Å². The van der Waals surface area contributed by atoms with E-state index in [2.05, 4.69) is 22.8 Å². The Hall–Kier alpha value is -5.60. The first kappa shape index (κ1) is 31.4. The maximum Gasteiger partial charge on any atom is 0.272 e. The van der Waals surface area contributed by atoms with Crippen molar-refractivity contribution in [3.63, 3.8) is 0 Å². The number of Topliss-reactive ketones (excluding diaryl/α,β-unsaturated/α-hetero) is 1. The van der Waals surface area contributed by atoms with Gasteiger partial charge >= 0.3 is 0 Å². The molecule has 0 aromatic heterocycles. The van der Waals surface area contributed by atoms with Gasteiger partial charge in [-0.2, -0.15) is 0 Å². The number of anilines is 1. The van der Waals surface area contributed by atoms with Crippen molar-refractivity contribution in [2.24, 2.45) is 0 Å². The molecule has 0 saturated carbocycles. The number of ketones is 1. The van der Waals surface area contributed by atoms with Gasteiger partial charge in [0.25, 0.3) is 11.8 Å². The number of methoxy groups -OCH3 is 2. The Labute approximate surface area is 277 Å². The van der Waals surface area contributed by atoms with Crippen LogP contribution in [0.4, 0.5) is 5.69 Å². The van der Waals surface area contributed by atoms with Gasteiger partial charge in [0.1, 0.15) is 5.70 Å². The maximum atomic E-state index is 13.5. The highest BCUT2D eigenvalue weighted by molar-refractivity contribution is 8.00. The van der Waals surface area contributed by atoms with E-state index in [1.54, 1.807) is 60.7 Å². The summed E-state index contributed by atoms with van der Waals surface area (Å²) in [6.45, 7) is 0. The van der Waals surface area contributed by atoms with Gasteiger partial charge in [-0.1, -0.05) is 66.7 Å². The molecule has 1 aliphatic carbocycles. The van der Waals surface area contributed by atoms with Crippen LogP contribution in [0.5, 0.6) is 11.5 Å². The second kappa shape index (κ2) is 14.2. The zero-order chi connectivity index (χ0) is 32.8. The molecular formula is C39H32N2O5S. The first-order valence-corrected chi connectivity index (χ1v) is 16.0. The predicted octanol–water partition coefficient (Wildman–Crippen LogP) is 7.66. The molecule has 0 fully saturated rings. The summed E-state index contributed by atoms with van der Waals surface area (Å²) in [6.07, 6.45) is 2.39. The summed E-state index contributed by atoms with van der Waals surface area (Å²) in [4.78, 5) is 40.5. The highest BCUT2D eigenvalue weighted by Crippen LogP contribution is 2.37. The van der Waals surface area contributed by atoms with E-state index < -0.39 is 11.8 Å². The number of carbonyl (C=O) groups excluding carboxylic acids is 3. The van der Waals surface area contributed by atoms with E-state index in [-0.39, 0.29) is 17.2 Å². The van der Waals surface area contributed by atoms with Gasteiger partial charge in [-0.15, -0.1) is 11.8 Å². The van der Waals surface area contributed by atoms with Gasteiger partial charge in [0.15, 0.2) is 17.3 Å². The van der Waals surface area contributed by atoms with E-state index in [1.807, 2.05) is 48.5 Å². The van der Waals surface area contributed by atoms with Crippen LogP contribution in [0, 0.1) is 0 Å². The SMILES string of the molecule is COc1cccc(/C=C(\NC(=O)c2ccccc2)C(=O)Nc2ccc(SCC(=O)c3ccc4c(c3)Cc3ccccc3-4)cc2)c1OC. The number of hydrogen-bond donors (Lipinski definition) is 2. The van der Waals surface area contributed by atoms with Gasteiger partial charge < -0.3 is 20.1 Å². The Morgan fingerprint density at radius 1 is 0.745 bits per heavy atom. The van der Waals surface area contributed by atoms with Crippen LogP contribution < -0.4 is 20.1 Å². The van der Waals surface area contributed by atoms with Crippen molar-refractivity contribution in [2.45, 2.75) is 11.3 Å². The number of hydrogen-bond acceptors (Lipinski definition) is 6. The van der Waals surface area contributed by atoms with Gasteiger partial charge in [-0.3, -0.25) is 14.4 Å². The van der Waals surface area contributed by atoms with Crippen molar-refractivity contribution < 1.29 is 23.9 Å². The number of thioether (sulfide) groups is 1. The average molecular weight is 641 g/mol. The molecule has 0 bridgehead atoms. The summed E-state index contributed by atoms with van der Waals surface area (Å²) in [5.41, 5.74) is 7.12. The fourth-order valence-electron chi connectivity index (χ4n) is 5.51. The topological polar surface area (TPSA) is 93.7 Å². The zero-order valence-electron chi connectivity index (χ0n) is 25.9. The molecule has 0 heterocycles. The monoisotopic (exact) mass is 640 g/mol. The molecule has 0 spiro atoms. The van der Waals surface area contributed by atoms with Crippen LogP contribution in [-0.2, 0) is 11.2 Å². The van der Waals surface area contributed by atoms with Crippen LogP contribution >= 0.6 is 11.8 Å². The molecule has 1 aliphatic rings.